The molecule has 0 amide bonds. The molecule has 0 aromatic heterocycles. The van der Waals surface area contributed by atoms with Crippen LogP contribution in [-0.4, -0.2) is 18.2 Å². The molecule has 0 spiro atoms. The quantitative estimate of drug-likeness (QED) is 0.754. The number of rotatable bonds is 6. The third kappa shape index (κ3) is 3.46. The maximum Gasteiger partial charge on any atom is 0.0832 e. The van der Waals surface area contributed by atoms with Crippen molar-refractivity contribution in [1.29, 1.82) is 0 Å². The van der Waals surface area contributed by atoms with E-state index in [1.54, 1.807) is 0 Å². The Morgan fingerprint density at radius 1 is 1.31 bits per heavy atom. The number of hydrogen-bond acceptors (Lipinski definition) is 2. The minimum atomic E-state index is -0.00354. The van der Waals surface area contributed by atoms with Crippen molar-refractivity contribution in [2.45, 2.75) is 77.4 Å². The highest BCUT2D eigenvalue weighted by molar-refractivity contribution is 4.94. The summed E-state index contributed by atoms with van der Waals surface area (Å²) in [5.74, 6) is 0.854. The lowest BCUT2D eigenvalue weighted by Gasteiger charge is -2.43. The first-order valence-corrected chi connectivity index (χ1v) is 7.04. The third-order valence-electron chi connectivity index (χ3n) is 4.10. The normalized spacial score (nSPS) is 32.6. The van der Waals surface area contributed by atoms with Gasteiger partial charge in [0, 0.05) is 12.6 Å². The summed E-state index contributed by atoms with van der Waals surface area (Å²) in [5.41, 5.74) is 6.37. The van der Waals surface area contributed by atoms with Gasteiger partial charge in [-0.05, 0) is 44.9 Å². The molecule has 1 aliphatic carbocycles. The van der Waals surface area contributed by atoms with Crippen molar-refractivity contribution < 1.29 is 4.74 Å². The fourth-order valence-corrected chi connectivity index (χ4v) is 2.85. The van der Waals surface area contributed by atoms with Crippen molar-refractivity contribution in [1.82, 2.24) is 0 Å². The zero-order chi connectivity index (χ0) is 12.0. The first kappa shape index (κ1) is 14.0. The summed E-state index contributed by atoms with van der Waals surface area (Å²) in [6.45, 7) is 7.46. The van der Waals surface area contributed by atoms with Gasteiger partial charge in [0.15, 0.2) is 0 Å². The van der Waals surface area contributed by atoms with Gasteiger partial charge in [0.1, 0.15) is 0 Å². The molecule has 0 aromatic rings. The van der Waals surface area contributed by atoms with Gasteiger partial charge in [-0.1, -0.05) is 26.7 Å². The van der Waals surface area contributed by atoms with E-state index >= 15 is 0 Å². The second-order valence-electron chi connectivity index (χ2n) is 5.43. The van der Waals surface area contributed by atoms with Crippen LogP contribution in [0.15, 0.2) is 0 Å². The molecule has 0 bridgehead atoms. The molecule has 0 radical (unpaired) electrons. The maximum absolute atomic E-state index is 6.38. The van der Waals surface area contributed by atoms with Crippen molar-refractivity contribution in [3.63, 3.8) is 0 Å². The molecule has 1 unspecified atom stereocenters. The molecule has 2 nitrogen and oxygen atoms in total. The molecule has 2 heteroatoms. The number of unbranched alkanes of at least 4 members (excludes halogenated alkanes) is 1. The molecule has 96 valence electrons. The Hall–Kier alpha value is -0.0800. The number of ether oxygens (including phenoxy) is 1. The summed E-state index contributed by atoms with van der Waals surface area (Å²) >= 11 is 0. The van der Waals surface area contributed by atoms with E-state index in [0.29, 0.717) is 0 Å². The highest BCUT2D eigenvalue weighted by Crippen LogP contribution is 2.37. The molecule has 0 heterocycles. The van der Waals surface area contributed by atoms with Gasteiger partial charge in [0.25, 0.3) is 0 Å². The molecule has 1 fully saturated rings. The fraction of sp³-hybridized carbons (Fsp3) is 1.00. The highest BCUT2D eigenvalue weighted by Gasteiger charge is 2.39. The van der Waals surface area contributed by atoms with Crippen molar-refractivity contribution in [3.8, 4) is 0 Å². The molecule has 0 aliphatic heterocycles. The van der Waals surface area contributed by atoms with Crippen molar-refractivity contribution in [3.05, 3.63) is 0 Å². The molecule has 0 aromatic carbocycles. The van der Waals surface area contributed by atoms with Crippen LogP contribution < -0.4 is 5.73 Å². The Morgan fingerprint density at radius 3 is 2.44 bits per heavy atom. The van der Waals surface area contributed by atoms with E-state index in [-0.39, 0.29) is 11.6 Å². The van der Waals surface area contributed by atoms with Crippen LogP contribution in [0.4, 0.5) is 0 Å². The molecule has 1 aliphatic rings. The SMILES string of the molecule is CCCCC(N)C1(OCC)CCC(C)CC1. The molecule has 16 heavy (non-hydrogen) atoms. The van der Waals surface area contributed by atoms with Gasteiger partial charge in [-0.15, -0.1) is 0 Å². The Balaban J connectivity index is 2.57. The summed E-state index contributed by atoms with van der Waals surface area (Å²) in [7, 11) is 0. The van der Waals surface area contributed by atoms with E-state index in [4.69, 9.17) is 10.5 Å². The molecule has 1 saturated carbocycles. The Morgan fingerprint density at radius 2 is 1.94 bits per heavy atom. The van der Waals surface area contributed by atoms with Gasteiger partial charge in [-0.25, -0.2) is 0 Å². The smallest absolute Gasteiger partial charge is 0.0832 e. The Bertz CT molecular complexity index is 185. The minimum Gasteiger partial charge on any atom is -0.374 e. The van der Waals surface area contributed by atoms with Crippen LogP contribution in [0, 0.1) is 5.92 Å². The van der Waals surface area contributed by atoms with Crippen molar-refractivity contribution in [2.75, 3.05) is 6.61 Å². The van der Waals surface area contributed by atoms with Gasteiger partial charge in [-0.2, -0.15) is 0 Å². The summed E-state index contributed by atoms with van der Waals surface area (Å²) in [4.78, 5) is 0. The highest BCUT2D eigenvalue weighted by atomic mass is 16.5. The van der Waals surface area contributed by atoms with Crippen LogP contribution in [0.3, 0.4) is 0 Å². The van der Waals surface area contributed by atoms with E-state index in [1.165, 1.54) is 25.7 Å². The molecular formula is C14H29NO. The zero-order valence-corrected chi connectivity index (χ0v) is 11.3. The van der Waals surface area contributed by atoms with Crippen LogP contribution in [-0.2, 0) is 4.74 Å². The van der Waals surface area contributed by atoms with Crippen molar-refractivity contribution in [2.24, 2.45) is 11.7 Å². The molecule has 2 N–H and O–H groups in total. The third-order valence-corrected chi connectivity index (χ3v) is 4.10. The van der Waals surface area contributed by atoms with Gasteiger partial charge < -0.3 is 10.5 Å². The second-order valence-corrected chi connectivity index (χ2v) is 5.43. The molecule has 0 saturated heterocycles. The lowest BCUT2D eigenvalue weighted by Crippen LogP contribution is -2.52. The fourth-order valence-electron chi connectivity index (χ4n) is 2.85. The number of hydrogen-bond donors (Lipinski definition) is 1. The van der Waals surface area contributed by atoms with Crippen LogP contribution in [0.2, 0.25) is 0 Å². The predicted molar refractivity (Wildman–Crippen MR) is 69.5 cm³/mol. The topological polar surface area (TPSA) is 35.2 Å². The number of nitrogens with two attached hydrogens (primary N) is 1. The van der Waals surface area contributed by atoms with Crippen molar-refractivity contribution >= 4 is 0 Å². The van der Waals surface area contributed by atoms with E-state index in [9.17, 15) is 0 Å². The van der Waals surface area contributed by atoms with E-state index in [1.807, 2.05) is 0 Å². The monoisotopic (exact) mass is 227 g/mol. The second kappa shape index (κ2) is 6.61. The molecule has 1 rings (SSSR count). The van der Waals surface area contributed by atoms with Crippen LogP contribution in [0.5, 0.6) is 0 Å². The minimum absolute atomic E-state index is 0.00354. The first-order valence-electron chi connectivity index (χ1n) is 7.04. The zero-order valence-electron chi connectivity index (χ0n) is 11.3. The summed E-state index contributed by atoms with van der Waals surface area (Å²) < 4.78 is 6.05. The van der Waals surface area contributed by atoms with Crippen LogP contribution in [0.25, 0.3) is 0 Å². The van der Waals surface area contributed by atoms with E-state index in [2.05, 4.69) is 20.8 Å². The van der Waals surface area contributed by atoms with E-state index < -0.39 is 0 Å². The standard InChI is InChI=1S/C14H29NO/c1-4-6-7-13(15)14(16-5-2)10-8-12(3)9-11-14/h12-13H,4-11,15H2,1-3H3. The van der Waals surface area contributed by atoms with Crippen LogP contribution in [0.1, 0.15) is 65.7 Å². The average Bonchev–Trinajstić information content (AvgIpc) is 2.29. The van der Waals surface area contributed by atoms with E-state index in [0.717, 1.165) is 31.8 Å². The average molecular weight is 227 g/mol. The summed E-state index contributed by atoms with van der Waals surface area (Å²) in [5, 5.41) is 0. The lowest BCUT2D eigenvalue weighted by atomic mass is 9.74. The summed E-state index contributed by atoms with van der Waals surface area (Å²) in [6.07, 6.45) is 8.45. The molecule has 1 atom stereocenters. The first-order chi connectivity index (χ1) is 7.64. The predicted octanol–water partition coefficient (Wildman–Crippen LogP) is 3.49. The Labute approximate surface area is 101 Å². The van der Waals surface area contributed by atoms with Gasteiger partial charge in [0.05, 0.1) is 5.60 Å². The van der Waals surface area contributed by atoms with Gasteiger partial charge >= 0.3 is 0 Å². The summed E-state index contributed by atoms with van der Waals surface area (Å²) in [6, 6.07) is 0.236. The molecular weight excluding hydrogens is 198 g/mol. The Kier molecular flexibility index (Phi) is 5.77. The maximum atomic E-state index is 6.38. The largest absolute Gasteiger partial charge is 0.374 e. The van der Waals surface area contributed by atoms with Gasteiger partial charge in [-0.3, -0.25) is 0 Å². The lowest BCUT2D eigenvalue weighted by molar-refractivity contribution is -0.0901. The van der Waals surface area contributed by atoms with Gasteiger partial charge in [0.2, 0.25) is 0 Å². The van der Waals surface area contributed by atoms with Crippen LogP contribution >= 0.6 is 0 Å².